The largest absolute Gasteiger partial charge is 0.349 e. The topological polar surface area (TPSA) is 71.1 Å². The van der Waals surface area contributed by atoms with Crippen molar-refractivity contribution in [1.82, 2.24) is 10.3 Å². The Hall–Kier alpha value is -3.02. The summed E-state index contributed by atoms with van der Waals surface area (Å²) < 4.78 is 12.8. The molecule has 1 aromatic heterocycles. The number of pyridine rings is 1. The quantitative estimate of drug-likeness (QED) is 0.833. The minimum atomic E-state index is -0.482. The number of carbonyl (C=O) groups excluding carboxylic acids is 2. The van der Waals surface area contributed by atoms with E-state index in [-0.39, 0.29) is 11.6 Å². The van der Waals surface area contributed by atoms with Crippen molar-refractivity contribution in [3.8, 4) is 0 Å². The lowest BCUT2D eigenvalue weighted by molar-refractivity contribution is 0.0958. The zero-order valence-electron chi connectivity index (χ0n) is 11.7. The molecule has 2 rings (SSSR count). The standard InChI is InChI=1S/C16H14FN3O2/c1-2-8-19-15(21)11-7-9-18-14(10-11)16(22)20-13-5-3-12(17)4-6-13/h2-7,9-10H,1,8H2,(H,19,21)(H,20,22). The summed E-state index contributed by atoms with van der Waals surface area (Å²) in [5.74, 6) is -1.19. The summed E-state index contributed by atoms with van der Waals surface area (Å²) in [6.07, 6.45) is 2.93. The van der Waals surface area contributed by atoms with Gasteiger partial charge in [-0.2, -0.15) is 0 Å². The number of aromatic nitrogens is 1. The maximum atomic E-state index is 12.8. The van der Waals surface area contributed by atoms with Gasteiger partial charge >= 0.3 is 0 Å². The zero-order valence-corrected chi connectivity index (χ0v) is 11.7. The molecular weight excluding hydrogens is 285 g/mol. The van der Waals surface area contributed by atoms with Crippen LogP contribution in [-0.2, 0) is 0 Å². The van der Waals surface area contributed by atoms with Crippen LogP contribution in [0.1, 0.15) is 20.8 Å². The first-order valence-corrected chi connectivity index (χ1v) is 6.52. The summed E-state index contributed by atoms with van der Waals surface area (Å²) in [6.45, 7) is 3.84. The minimum absolute atomic E-state index is 0.0931. The Labute approximate surface area is 126 Å². The van der Waals surface area contributed by atoms with E-state index in [1.807, 2.05) is 0 Å². The van der Waals surface area contributed by atoms with E-state index >= 15 is 0 Å². The smallest absolute Gasteiger partial charge is 0.274 e. The first kappa shape index (κ1) is 15.4. The lowest BCUT2D eigenvalue weighted by Gasteiger charge is -2.06. The predicted molar refractivity (Wildman–Crippen MR) is 81.1 cm³/mol. The molecule has 0 saturated heterocycles. The van der Waals surface area contributed by atoms with Gasteiger partial charge in [-0.3, -0.25) is 14.6 Å². The van der Waals surface area contributed by atoms with Crippen LogP contribution >= 0.6 is 0 Å². The Morgan fingerprint density at radius 2 is 1.91 bits per heavy atom. The third-order valence-electron chi connectivity index (χ3n) is 2.76. The van der Waals surface area contributed by atoms with Crippen LogP contribution in [0.2, 0.25) is 0 Å². The second kappa shape index (κ2) is 7.12. The fourth-order valence-corrected chi connectivity index (χ4v) is 1.69. The average Bonchev–Trinajstić information content (AvgIpc) is 2.54. The summed E-state index contributed by atoms with van der Waals surface area (Å²) in [5, 5.41) is 5.19. The van der Waals surface area contributed by atoms with Gasteiger partial charge in [0.2, 0.25) is 0 Å². The van der Waals surface area contributed by atoms with Crippen molar-refractivity contribution >= 4 is 17.5 Å². The number of nitrogens with zero attached hydrogens (tertiary/aromatic N) is 1. The van der Waals surface area contributed by atoms with Crippen molar-refractivity contribution < 1.29 is 14.0 Å². The van der Waals surface area contributed by atoms with E-state index < -0.39 is 11.7 Å². The summed E-state index contributed by atoms with van der Waals surface area (Å²) in [4.78, 5) is 27.8. The van der Waals surface area contributed by atoms with Crippen molar-refractivity contribution in [3.05, 3.63) is 72.3 Å². The first-order chi connectivity index (χ1) is 10.6. The highest BCUT2D eigenvalue weighted by Gasteiger charge is 2.11. The lowest BCUT2D eigenvalue weighted by atomic mass is 10.2. The Morgan fingerprint density at radius 3 is 2.59 bits per heavy atom. The van der Waals surface area contributed by atoms with E-state index in [2.05, 4.69) is 22.2 Å². The zero-order chi connectivity index (χ0) is 15.9. The lowest BCUT2D eigenvalue weighted by Crippen LogP contribution is -2.24. The maximum absolute atomic E-state index is 12.8. The van der Waals surface area contributed by atoms with Gasteiger partial charge in [0.25, 0.3) is 11.8 Å². The molecule has 2 N–H and O–H groups in total. The second-order valence-corrected chi connectivity index (χ2v) is 4.39. The third-order valence-corrected chi connectivity index (χ3v) is 2.76. The number of nitrogens with one attached hydrogen (secondary N) is 2. The molecule has 0 aliphatic heterocycles. The normalized spacial score (nSPS) is 9.86. The van der Waals surface area contributed by atoms with Crippen molar-refractivity contribution in [2.45, 2.75) is 0 Å². The Bertz CT molecular complexity index is 699. The highest BCUT2D eigenvalue weighted by atomic mass is 19.1. The van der Waals surface area contributed by atoms with E-state index in [0.29, 0.717) is 17.8 Å². The van der Waals surface area contributed by atoms with Crippen molar-refractivity contribution in [3.63, 3.8) is 0 Å². The van der Waals surface area contributed by atoms with Crippen LogP contribution in [-0.4, -0.2) is 23.3 Å². The van der Waals surface area contributed by atoms with Crippen molar-refractivity contribution in [2.75, 3.05) is 11.9 Å². The molecule has 2 amide bonds. The summed E-state index contributed by atoms with van der Waals surface area (Å²) >= 11 is 0. The van der Waals surface area contributed by atoms with Gasteiger partial charge in [-0.25, -0.2) is 4.39 Å². The van der Waals surface area contributed by atoms with Crippen LogP contribution in [0.5, 0.6) is 0 Å². The molecule has 0 fully saturated rings. The summed E-state index contributed by atoms with van der Waals surface area (Å²) in [6, 6.07) is 8.25. The second-order valence-electron chi connectivity index (χ2n) is 4.39. The summed E-state index contributed by atoms with van der Waals surface area (Å²) in [5.41, 5.74) is 0.853. The fraction of sp³-hybridized carbons (Fsp3) is 0.0625. The fourth-order valence-electron chi connectivity index (χ4n) is 1.69. The number of hydrogen-bond acceptors (Lipinski definition) is 3. The highest BCUT2D eigenvalue weighted by molar-refractivity contribution is 6.04. The van der Waals surface area contributed by atoms with Crippen LogP contribution in [0.25, 0.3) is 0 Å². The van der Waals surface area contributed by atoms with Gasteiger partial charge in [0.1, 0.15) is 11.5 Å². The molecule has 22 heavy (non-hydrogen) atoms. The molecule has 112 valence electrons. The van der Waals surface area contributed by atoms with Gasteiger partial charge in [0.05, 0.1) is 0 Å². The molecule has 2 aromatic rings. The van der Waals surface area contributed by atoms with Gasteiger partial charge in [0, 0.05) is 24.0 Å². The Morgan fingerprint density at radius 1 is 1.18 bits per heavy atom. The monoisotopic (exact) mass is 299 g/mol. The molecule has 0 radical (unpaired) electrons. The van der Waals surface area contributed by atoms with E-state index in [1.165, 1.54) is 42.6 Å². The molecular formula is C16H14FN3O2. The Kier molecular flexibility index (Phi) is 4.98. The molecule has 6 heteroatoms. The molecule has 5 nitrogen and oxygen atoms in total. The first-order valence-electron chi connectivity index (χ1n) is 6.52. The van der Waals surface area contributed by atoms with Gasteiger partial charge in [-0.15, -0.1) is 6.58 Å². The van der Waals surface area contributed by atoms with Crippen LogP contribution in [0.15, 0.2) is 55.3 Å². The van der Waals surface area contributed by atoms with E-state index in [4.69, 9.17) is 0 Å². The van der Waals surface area contributed by atoms with E-state index in [9.17, 15) is 14.0 Å². The molecule has 0 bridgehead atoms. The molecule has 0 atom stereocenters. The minimum Gasteiger partial charge on any atom is -0.349 e. The number of rotatable bonds is 5. The van der Waals surface area contributed by atoms with Gasteiger partial charge < -0.3 is 10.6 Å². The maximum Gasteiger partial charge on any atom is 0.274 e. The number of halogens is 1. The molecule has 1 heterocycles. The molecule has 0 spiro atoms. The molecule has 1 aromatic carbocycles. The van der Waals surface area contributed by atoms with Crippen LogP contribution < -0.4 is 10.6 Å². The SMILES string of the molecule is C=CCNC(=O)c1ccnc(C(=O)Nc2ccc(F)cc2)c1. The predicted octanol–water partition coefficient (Wildman–Crippen LogP) is 2.39. The van der Waals surface area contributed by atoms with E-state index in [1.54, 1.807) is 6.08 Å². The summed E-state index contributed by atoms with van der Waals surface area (Å²) in [7, 11) is 0. The van der Waals surface area contributed by atoms with Crippen LogP contribution in [0, 0.1) is 5.82 Å². The number of carbonyl (C=O) groups is 2. The van der Waals surface area contributed by atoms with Crippen LogP contribution in [0.4, 0.5) is 10.1 Å². The molecule has 0 aliphatic carbocycles. The van der Waals surface area contributed by atoms with Gasteiger partial charge in [0.15, 0.2) is 0 Å². The van der Waals surface area contributed by atoms with Gasteiger partial charge in [-0.05, 0) is 36.4 Å². The number of anilines is 1. The van der Waals surface area contributed by atoms with Crippen molar-refractivity contribution in [2.24, 2.45) is 0 Å². The van der Waals surface area contributed by atoms with Crippen molar-refractivity contribution in [1.29, 1.82) is 0 Å². The van der Waals surface area contributed by atoms with E-state index in [0.717, 1.165) is 0 Å². The highest BCUT2D eigenvalue weighted by Crippen LogP contribution is 2.10. The number of amides is 2. The number of hydrogen-bond donors (Lipinski definition) is 2. The molecule has 0 saturated carbocycles. The van der Waals surface area contributed by atoms with Gasteiger partial charge in [-0.1, -0.05) is 6.08 Å². The average molecular weight is 299 g/mol. The third kappa shape index (κ3) is 3.99. The molecule has 0 unspecified atom stereocenters. The Balaban J connectivity index is 2.11. The van der Waals surface area contributed by atoms with Crippen LogP contribution in [0.3, 0.4) is 0 Å². The molecule has 0 aliphatic rings. The number of benzene rings is 1.